The fraction of sp³-hybridized carbons (Fsp3) is 0.0833. The summed E-state index contributed by atoms with van der Waals surface area (Å²) in [5, 5.41) is 68.4. The van der Waals surface area contributed by atoms with E-state index >= 15 is 0 Å². The Morgan fingerprint density at radius 2 is 0.842 bits per heavy atom. The summed E-state index contributed by atoms with van der Waals surface area (Å²) in [5.41, 5.74) is -0.987. The smallest absolute Gasteiger partial charge is 0.545 e. The van der Waals surface area contributed by atoms with Crippen LogP contribution in [-0.4, -0.2) is 86.2 Å². The minimum atomic E-state index is -4.38. The first-order valence-electron chi connectivity index (χ1n) is 21.3. The van der Waals surface area contributed by atoms with E-state index in [1.165, 1.54) is 48.5 Å². The molecule has 0 radical (unpaired) electrons. The van der Waals surface area contributed by atoms with Gasteiger partial charge in [0, 0.05) is 11.1 Å². The fourth-order valence-electron chi connectivity index (χ4n) is 6.92. The van der Waals surface area contributed by atoms with Crippen LogP contribution in [0.5, 0.6) is 0 Å². The third-order valence-corrected chi connectivity index (χ3v) is 13.3. The van der Waals surface area contributed by atoms with E-state index in [-0.39, 0.29) is 93.0 Å². The monoisotopic (exact) mass is 1090 g/mol. The molecule has 2 aliphatic rings. The molecule has 2 atom stereocenters. The maximum Gasteiger partial charge on any atom is 1.00 e. The van der Waals surface area contributed by atoms with Crippen molar-refractivity contribution >= 4 is 101 Å². The molecule has 4 N–H and O–H groups in total. The van der Waals surface area contributed by atoms with Crippen LogP contribution in [0.15, 0.2) is 186 Å². The van der Waals surface area contributed by atoms with Crippen molar-refractivity contribution in [2.75, 3.05) is 19.5 Å². The van der Waals surface area contributed by atoms with E-state index in [0.717, 1.165) is 46.4 Å². The zero-order chi connectivity index (χ0) is 53.5. The van der Waals surface area contributed by atoms with Gasteiger partial charge in [0.1, 0.15) is 0 Å². The summed E-state index contributed by atoms with van der Waals surface area (Å²) >= 11 is 0. The van der Waals surface area contributed by atoms with Gasteiger partial charge in [-0.2, -0.15) is 40.7 Å². The first-order valence-corrected chi connectivity index (χ1v) is 24.2. The van der Waals surface area contributed by atoms with Gasteiger partial charge in [0.15, 0.2) is 12.1 Å². The van der Waals surface area contributed by atoms with Gasteiger partial charge < -0.3 is 30.0 Å². The van der Waals surface area contributed by atoms with Gasteiger partial charge in [-0.3, -0.25) is 19.0 Å². The van der Waals surface area contributed by atoms with Crippen LogP contribution in [-0.2, 0) is 29.6 Å². The molecule has 2 amide bonds. The van der Waals surface area contributed by atoms with Gasteiger partial charge >= 0.3 is 71.1 Å². The summed E-state index contributed by atoms with van der Waals surface area (Å²) in [5.74, 6) is -7.16. The van der Waals surface area contributed by atoms with Crippen molar-refractivity contribution in [2.24, 2.45) is 30.7 Å². The number of anilines is 4. The number of carboxylic acid groups (broad SMARTS) is 4. The number of aromatic carboxylic acids is 4. The Morgan fingerprint density at radius 1 is 0.513 bits per heavy atom. The quantitative estimate of drug-likeness (QED) is 0.0658. The minimum absolute atomic E-state index is 0. The van der Waals surface area contributed by atoms with E-state index in [0.29, 0.717) is 22.8 Å². The van der Waals surface area contributed by atoms with Crippen LogP contribution in [0.2, 0.25) is 0 Å². The van der Waals surface area contributed by atoms with Crippen molar-refractivity contribution in [3.05, 3.63) is 168 Å². The summed E-state index contributed by atoms with van der Waals surface area (Å²) in [4.78, 5) is 70.9. The molecule has 0 bridgehead atoms. The molecule has 376 valence electrons. The average Bonchev–Trinajstić information content (AvgIpc) is 3.83. The van der Waals surface area contributed by atoms with Crippen molar-refractivity contribution in [2.45, 2.75) is 35.7 Å². The topological polar surface area (TPSA) is 362 Å². The largest absolute Gasteiger partial charge is 1.00 e. The number of azo groups is 2. The molecule has 2 heterocycles. The molecule has 2 aliphatic heterocycles. The minimum Gasteiger partial charge on any atom is -0.545 e. The molecule has 76 heavy (non-hydrogen) atoms. The third-order valence-electron chi connectivity index (χ3n) is 10.6. The van der Waals surface area contributed by atoms with Crippen molar-refractivity contribution in [3.8, 4) is 0 Å². The third kappa shape index (κ3) is 13.5. The number of sulfonamides is 2. The van der Waals surface area contributed by atoms with E-state index in [9.17, 15) is 66.0 Å². The van der Waals surface area contributed by atoms with Gasteiger partial charge in [-0.05, 0) is 98.8 Å². The Kier molecular flexibility index (Phi) is 19.5. The fourth-order valence-corrected chi connectivity index (χ4v) is 9.13. The van der Waals surface area contributed by atoms with E-state index in [2.05, 4.69) is 40.1 Å². The first kappa shape index (κ1) is 59.1. The molecule has 0 spiro atoms. The summed E-state index contributed by atoms with van der Waals surface area (Å²) in [6.45, 7) is 3.14. The predicted molar refractivity (Wildman–Crippen MR) is 261 cm³/mol. The number of hydrogen-bond donors (Lipinski definition) is 4. The van der Waals surface area contributed by atoms with Gasteiger partial charge in [-0.25, -0.2) is 26.4 Å². The first-order chi connectivity index (χ1) is 35.2. The number of hydrazone groups is 2. The maximum atomic E-state index is 12.8. The summed E-state index contributed by atoms with van der Waals surface area (Å²) in [7, 11) is -8.77. The van der Waals surface area contributed by atoms with Crippen LogP contribution < -0.4 is 88.8 Å². The number of nitrogens with zero attached hydrogens (tertiary/aromatic N) is 8. The Hall–Kier alpha value is -7.82. The van der Waals surface area contributed by atoms with Crippen molar-refractivity contribution in [1.82, 2.24) is 0 Å². The second-order valence-electron chi connectivity index (χ2n) is 15.5. The van der Waals surface area contributed by atoms with Crippen LogP contribution >= 0.6 is 0 Å². The van der Waals surface area contributed by atoms with Gasteiger partial charge in [-0.15, -0.1) is 0 Å². The van der Waals surface area contributed by atoms with E-state index in [1.807, 2.05) is 0 Å². The van der Waals surface area contributed by atoms with Crippen LogP contribution in [0.3, 0.4) is 0 Å². The van der Waals surface area contributed by atoms with Crippen LogP contribution in [0, 0.1) is 0 Å². The van der Waals surface area contributed by atoms with Crippen LogP contribution in [0.4, 0.5) is 34.1 Å². The number of rotatable bonds is 16. The Balaban J connectivity index is 0.000000274. The number of carboxylic acids is 4. The Bertz CT molecular complexity index is 3390. The van der Waals surface area contributed by atoms with Crippen molar-refractivity contribution in [3.63, 3.8) is 0 Å². The molecule has 6 aromatic rings. The molecular formula is C48H36N10Na2O14S2. The van der Waals surface area contributed by atoms with E-state index in [4.69, 9.17) is 0 Å². The number of para-hydroxylation sites is 4. The molecule has 2 unspecified atom stereocenters. The zero-order valence-electron chi connectivity index (χ0n) is 40.2. The van der Waals surface area contributed by atoms with Gasteiger partial charge in [0.05, 0.1) is 78.4 Å². The number of hydrogen-bond acceptors (Lipinski definition) is 18. The molecule has 0 saturated heterocycles. The molecule has 0 saturated carbocycles. The molecular weight excluding hydrogens is 1050 g/mol. The van der Waals surface area contributed by atoms with Crippen LogP contribution in [0.1, 0.15) is 55.3 Å². The summed E-state index contributed by atoms with van der Waals surface area (Å²) < 4.78 is 55.7. The zero-order valence-corrected chi connectivity index (χ0v) is 45.8. The predicted octanol–water partition coefficient (Wildman–Crippen LogP) is -1.14. The summed E-state index contributed by atoms with van der Waals surface area (Å²) in [6, 6.07) is 31.6. The molecule has 24 nitrogen and oxygen atoms in total. The van der Waals surface area contributed by atoms with Crippen LogP contribution in [0.25, 0.3) is 0 Å². The number of nitrogens with one attached hydrogen (secondary N) is 2. The average molecular weight is 1090 g/mol. The number of benzene rings is 6. The number of carbonyl (C=O) groups is 6. The standard InChI is InChI=1S/2C24H19N5O7S.2Na/c2*1-14-21(22(30)29(27-14)15-7-3-2-4-8-15)26-25-19-12-11-16(13-18(19)24(33)34)37(35,36)28-20-10-6-5-9-17(20)23(31)32;;/h2*2-13,21,28H,1H3,(H,31,32)(H,33,34);;/q;;2*+1/p-2. The summed E-state index contributed by atoms with van der Waals surface area (Å²) in [6.07, 6.45) is 0. The number of carbonyl (C=O) groups excluding carboxylic acids is 4. The second kappa shape index (κ2) is 25.1. The van der Waals surface area contributed by atoms with Gasteiger partial charge in [0.25, 0.3) is 31.9 Å². The Labute approximate surface area is 476 Å². The van der Waals surface area contributed by atoms with Gasteiger partial charge in [-0.1, -0.05) is 60.7 Å². The maximum absolute atomic E-state index is 12.8. The molecule has 8 rings (SSSR count). The molecule has 28 heteroatoms. The van der Waals surface area contributed by atoms with Gasteiger partial charge in [0.2, 0.25) is 0 Å². The second-order valence-corrected chi connectivity index (χ2v) is 18.9. The normalized spacial score (nSPS) is 15.2. The molecule has 6 aromatic carbocycles. The molecule has 0 aliphatic carbocycles. The SMILES string of the molecule is CC1=NN(c2ccccc2)C(=O)C1N=Nc1ccc(S(=O)(=O)Nc2ccccc2C(=O)O)cc1C(=O)[O-].CC1=NN(c2ccccc2)C(=O)C1N=Nc1ccc(S(=O)(=O)Nc2ccccc2C(=O)O)cc1C(=O)[O-].[Na+].[Na+]. The molecule has 0 fully saturated rings. The van der Waals surface area contributed by atoms with E-state index in [1.54, 1.807) is 74.5 Å². The molecule has 0 aromatic heterocycles. The van der Waals surface area contributed by atoms with Crippen molar-refractivity contribution < 1.29 is 125 Å². The Morgan fingerprint density at radius 3 is 1.17 bits per heavy atom. The van der Waals surface area contributed by atoms with Crippen molar-refractivity contribution in [1.29, 1.82) is 0 Å². The van der Waals surface area contributed by atoms with E-state index < -0.39 is 88.7 Å². The number of amides is 2.